The molecule has 9 aliphatic rings. The highest BCUT2D eigenvalue weighted by Gasteiger charge is 2.62. The molecule has 0 N–H and O–H groups in total. The number of benzene rings is 6. The minimum absolute atomic E-state index is 0.127. The Balaban J connectivity index is 1.07. The largest absolute Gasteiger partial charge is 0.364 e. The van der Waals surface area contributed by atoms with E-state index >= 15 is 0 Å². The first-order valence-corrected chi connectivity index (χ1v) is 20.8. The second-order valence-electron chi connectivity index (χ2n) is 19.4. The van der Waals surface area contributed by atoms with Crippen LogP contribution in [0.25, 0.3) is 103 Å². The number of fused-ring (bicyclic) bond motifs is 8. The summed E-state index contributed by atoms with van der Waals surface area (Å²) in [6.07, 6.45) is 10.5. The number of epoxide rings is 1. The standard InChI is InChI=1S/C52H29NO2/c1-53-14-26-28-24-12-10-22-20-8-6-18-19-7-9-21-23-11-13-25-36-34(23)42-32(21)30(19)40-29(18)31(20)41-33(22)35(24)43-39(28)45(44(36)50-48(42)46(40)47(41)49(43)50)37(25)38(26)51(53)16-2-4-17(5-3-16)52(54)27-15-55-27/h2-13,21,23,25-27,32,34,36,38,51H,14-15H2,1H3. The van der Waals surface area contributed by atoms with Crippen molar-refractivity contribution in [2.24, 2.45) is 29.6 Å². The van der Waals surface area contributed by atoms with E-state index in [2.05, 4.69) is 84.8 Å². The van der Waals surface area contributed by atoms with E-state index in [1.54, 1.807) is 97.3 Å². The minimum Gasteiger partial charge on any atom is -0.364 e. The Morgan fingerprint density at radius 2 is 1.33 bits per heavy atom. The highest BCUT2D eigenvalue weighted by molar-refractivity contribution is 6.57. The van der Waals surface area contributed by atoms with Crippen molar-refractivity contribution in [1.82, 2.24) is 4.90 Å². The van der Waals surface area contributed by atoms with E-state index in [1.807, 2.05) is 5.57 Å². The van der Waals surface area contributed by atoms with Gasteiger partial charge in [-0.05, 0) is 160 Å². The van der Waals surface area contributed by atoms with Gasteiger partial charge in [0.2, 0.25) is 0 Å². The molecule has 2 saturated heterocycles. The van der Waals surface area contributed by atoms with E-state index in [0.29, 0.717) is 54.0 Å². The highest BCUT2D eigenvalue weighted by Crippen LogP contribution is 2.73. The van der Waals surface area contributed by atoms with Crippen molar-refractivity contribution < 1.29 is 9.53 Å². The number of ether oxygens (including phenoxy) is 1. The van der Waals surface area contributed by atoms with Gasteiger partial charge >= 0.3 is 0 Å². The lowest BCUT2D eigenvalue weighted by Gasteiger charge is -2.40. The van der Waals surface area contributed by atoms with Crippen LogP contribution in [0.15, 0.2) is 66.8 Å². The molecule has 2 aliphatic heterocycles. The van der Waals surface area contributed by atoms with Gasteiger partial charge in [-0.2, -0.15) is 0 Å². The molecule has 0 bridgehead atoms. The third kappa shape index (κ3) is 2.12. The van der Waals surface area contributed by atoms with Crippen LogP contribution in [0.2, 0.25) is 0 Å². The first-order valence-electron chi connectivity index (χ1n) is 20.8. The number of Topliss-reactive ketones (excluding diaryl/α,β-unsaturated/α-hetero) is 1. The molecular weight excluding hydrogens is 671 g/mol. The van der Waals surface area contributed by atoms with Gasteiger partial charge in [0.15, 0.2) is 5.78 Å². The maximum Gasteiger partial charge on any atom is 0.193 e. The van der Waals surface area contributed by atoms with E-state index in [0.717, 1.165) is 12.1 Å². The van der Waals surface area contributed by atoms with Crippen LogP contribution >= 0.6 is 0 Å². The second-order valence-corrected chi connectivity index (χ2v) is 19.4. The van der Waals surface area contributed by atoms with Crippen LogP contribution in [-0.2, 0) is 4.74 Å². The van der Waals surface area contributed by atoms with Gasteiger partial charge in [0.1, 0.15) is 6.10 Å². The van der Waals surface area contributed by atoms with Gasteiger partial charge in [-0.3, -0.25) is 9.69 Å². The molecule has 10 aromatic rings. The fraction of sp³-hybridized carbons (Fsp3) is 0.250. The zero-order valence-corrected chi connectivity index (χ0v) is 29.9. The van der Waals surface area contributed by atoms with Crippen molar-refractivity contribution >= 4 is 109 Å². The predicted molar refractivity (Wildman–Crippen MR) is 219 cm³/mol. The quantitative estimate of drug-likeness (QED) is 0.0799. The first kappa shape index (κ1) is 25.7. The number of nitrogens with zero attached hydrogens (tertiary/aromatic N) is 1. The van der Waals surface area contributed by atoms with Crippen LogP contribution in [-0.4, -0.2) is 37.0 Å². The van der Waals surface area contributed by atoms with Gasteiger partial charge < -0.3 is 4.74 Å². The number of likely N-dealkylation sites (tertiary alicyclic amines) is 1. The molecule has 1 saturated carbocycles. The molecular formula is C52H29NO2. The number of carbonyl (C=O) groups is 1. The fourth-order valence-corrected chi connectivity index (χ4v) is 16.9. The third-order valence-electron chi connectivity index (χ3n) is 18.1. The summed E-state index contributed by atoms with van der Waals surface area (Å²) in [5, 5.41) is 28.8. The topological polar surface area (TPSA) is 32.8 Å². The number of likely N-dealkylation sites (N-methyl/N-ethyl adjacent to an activating group) is 1. The van der Waals surface area contributed by atoms with Crippen LogP contribution in [0.4, 0.5) is 0 Å². The Labute approximate surface area is 312 Å². The lowest BCUT2D eigenvalue weighted by atomic mass is 9.63. The number of hydrogen-bond donors (Lipinski definition) is 0. The van der Waals surface area contributed by atoms with Crippen molar-refractivity contribution in [1.29, 1.82) is 0 Å². The molecule has 10 atom stereocenters. The van der Waals surface area contributed by atoms with Crippen LogP contribution in [0.5, 0.6) is 0 Å². The maximum absolute atomic E-state index is 13.0. The molecule has 0 spiro atoms. The average Bonchev–Trinajstić information content (AvgIpc) is 3.60. The monoisotopic (exact) mass is 699 g/mol. The Morgan fingerprint density at radius 3 is 2.16 bits per heavy atom. The van der Waals surface area contributed by atoms with Crippen molar-refractivity contribution in [3.63, 3.8) is 0 Å². The van der Waals surface area contributed by atoms with E-state index in [9.17, 15) is 4.79 Å². The van der Waals surface area contributed by atoms with Gasteiger partial charge in [-0.15, -0.1) is 0 Å². The average molecular weight is 700 g/mol. The fourth-order valence-electron chi connectivity index (χ4n) is 16.9. The Hall–Kier alpha value is -5.35. The lowest BCUT2D eigenvalue weighted by molar-refractivity contribution is 0.0953. The summed E-state index contributed by atoms with van der Waals surface area (Å²) in [5.41, 5.74) is 12.4. The SMILES string of the molecule is CN1CC2c3c4ccc5c6ccc7c8c9c%10c%11c%12c%13c%14c(c3c3c4c5c(c6c7%10)c%11c%133)=C(C3C=CC4C(C=C8)C9C=%12C4C%143)C2C1c1ccc(C(=O)C2CO2)cc1. The number of hydrogen-bond acceptors (Lipinski definition) is 3. The van der Waals surface area contributed by atoms with Crippen LogP contribution in [0.3, 0.4) is 0 Å². The van der Waals surface area contributed by atoms with E-state index < -0.39 is 0 Å². The molecule has 10 unspecified atom stereocenters. The zero-order chi connectivity index (χ0) is 34.5. The van der Waals surface area contributed by atoms with E-state index in [1.165, 1.54) is 32.7 Å². The Bertz CT molecular complexity index is 3840. The molecule has 3 fully saturated rings. The zero-order valence-electron chi connectivity index (χ0n) is 29.9. The summed E-state index contributed by atoms with van der Waals surface area (Å²) in [7, 11) is 2.38. The van der Waals surface area contributed by atoms with Crippen LogP contribution in [0.1, 0.15) is 62.0 Å². The minimum atomic E-state index is -0.246. The number of carbonyl (C=O) groups excluding carboxylic acids is 1. The highest BCUT2D eigenvalue weighted by atomic mass is 16.6. The summed E-state index contributed by atoms with van der Waals surface area (Å²) in [4.78, 5) is 15.7. The van der Waals surface area contributed by atoms with Gasteiger partial charge in [-0.25, -0.2) is 0 Å². The molecule has 55 heavy (non-hydrogen) atoms. The number of ketones is 1. The van der Waals surface area contributed by atoms with Crippen molar-refractivity contribution in [3.8, 4) is 0 Å². The van der Waals surface area contributed by atoms with Gasteiger partial charge in [0.25, 0.3) is 0 Å². The molecule has 0 aromatic heterocycles. The summed E-state index contributed by atoms with van der Waals surface area (Å²) in [6.45, 7) is 1.61. The summed E-state index contributed by atoms with van der Waals surface area (Å²) in [5.74, 6) is 4.05. The van der Waals surface area contributed by atoms with Crippen molar-refractivity contribution in [3.05, 3.63) is 111 Å². The van der Waals surface area contributed by atoms with Gasteiger partial charge in [-0.1, -0.05) is 72.8 Å². The van der Waals surface area contributed by atoms with Crippen LogP contribution < -0.4 is 10.4 Å². The summed E-state index contributed by atoms with van der Waals surface area (Å²) in [6, 6.07) is 19.1. The number of allylic oxidation sites excluding steroid dienone is 3. The third-order valence-corrected chi connectivity index (χ3v) is 18.1. The van der Waals surface area contributed by atoms with Crippen molar-refractivity contribution in [2.75, 3.05) is 20.2 Å². The Morgan fingerprint density at radius 1 is 0.618 bits per heavy atom. The molecule has 0 amide bonds. The van der Waals surface area contributed by atoms with Crippen molar-refractivity contribution in [2.45, 2.75) is 29.9 Å². The predicted octanol–water partition coefficient (Wildman–Crippen LogP) is 9.11. The Kier molecular flexibility index (Phi) is 3.37. The molecule has 2 heterocycles. The van der Waals surface area contributed by atoms with E-state index in [-0.39, 0.29) is 17.9 Å². The second kappa shape index (κ2) is 7.22. The van der Waals surface area contributed by atoms with Gasteiger partial charge in [0, 0.05) is 47.7 Å². The smallest absolute Gasteiger partial charge is 0.193 e. The molecule has 254 valence electrons. The number of rotatable bonds is 3. The summed E-state index contributed by atoms with van der Waals surface area (Å²) >= 11 is 0. The van der Waals surface area contributed by atoms with E-state index in [4.69, 9.17) is 4.74 Å². The van der Waals surface area contributed by atoms with Crippen LogP contribution in [0, 0.1) is 29.6 Å². The normalized spacial score (nSPS) is 33.8. The molecule has 3 heteroatoms. The lowest BCUT2D eigenvalue weighted by Crippen LogP contribution is -2.33. The molecule has 10 aromatic carbocycles. The van der Waals surface area contributed by atoms with Gasteiger partial charge in [0.05, 0.1) is 6.61 Å². The molecule has 19 rings (SSSR count). The molecule has 0 radical (unpaired) electrons. The maximum atomic E-state index is 13.0. The molecule has 7 aliphatic carbocycles. The molecule has 3 nitrogen and oxygen atoms in total. The summed E-state index contributed by atoms with van der Waals surface area (Å²) < 4.78 is 5.39. The first-order chi connectivity index (χ1) is 27.2.